The van der Waals surface area contributed by atoms with Crippen molar-refractivity contribution in [3.8, 4) is 11.4 Å². The number of benzene rings is 1. The third kappa shape index (κ3) is 5.43. The van der Waals surface area contributed by atoms with Crippen molar-refractivity contribution in [1.29, 1.82) is 5.41 Å². The average molecular weight is 415 g/mol. The van der Waals surface area contributed by atoms with Crippen LogP contribution in [0.4, 0.5) is 5.69 Å². The van der Waals surface area contributed by atoms with E-state index in [9.17, 15) is 4.79 Å². The first-order chi connectivity index (χ1) is 14.7. The number of nitrogens with zero attached hydrogens (tertiary/aromatic N) is 3. The number of aromatic nitrogens is 2. The minimum Gasteiger partial charge on any atom is -0.388 e. The molecule has 3 heterocycles. The van der Waals surface area contributed by atoms with E-state index in [0.29, 0.717) is 18.3 Å². The number of rotatable bonds is 6. The number of likely N-dealkylation sites (tertiary alicyclic amines) is 1. The predicted octanol–water partition coefficient (Wildman–Crippen LogP) is 2.53. The van der Waals surface area contributed by atoms with Gasteiger partial charge in [0.2, 0.25) is 18.1 Å². The van der Waals surface area contributed by atoms with Gasteiger partial charge in [-0.1, -0.05) is 17.3 Å². The lowest BCUT2D eigenvalue weighted by Crippen LogP contribution is -2.31. The van der Waals surface area contributed by atoms with Crippen molar-refractivity contribution in [3.63, 3.8) is 0 Å². The number of amides is 1. The Morgan fingerprint density at radius 2 is 2.03 bits per heavy atom. The molecule has 4 rings (SSSR count). The van der Waals surface area contributed by atoms with Gasteiger partial charge in [-0.25, -0.2) is 0 Å². The first-order valence-corrected chi connectivity index (χ1v) is 10.1. The number of piperidine rings is 1. The van der Waals surface area contributed by atoms with Gasteiger partial charge in [0.15, 0.2) is 0 Å². The smallest absolute Gasteiger partial charge is 0.230 e. The summed E-state index contributed by atoms with van der Waals surface area (Å²) < 4.78 is 15.2. The van der Waals surface area contributed by atoms with Gasteiger partial charge in [-0.05, 0) is 25.3 Å². The Kier molecular flexibility index (Phi) is 7.92. The molecule has 2 fully saturated rings. The molecular formula is C21H29N5O4. The van der Waals surface area contributed by atoms with Crippen LogP contribution in [0.3, 0.4) is 0 Å². The van der Waals surface area contributed by atoms with Crippen LogP contribution in [0.2, 0.25) is 0 Å². The molecule has 1 amide bonds. The standard InChI is InChI=1S/C19H23N5O3.C2H6O/c20-10-15-2-1-14(9-17(15)21-16-5-8-26-11-16)18-22-19(27-23-18)13-3-6-24(12-25)7-4-13;1-3-2/h1-2,9-10,12-13,16,20-21H,3-8,11H2;1-2H3. The highest BCUT2D eigenvalue weighted by Crippen LogP contribution is 2.29. The predicted molar refractivity (Wildman–Crippen MR) is 113 cm³/mol. The van der Waals surface area contributed by atoms with Gasteiger partial charge in [0, 0.05) is 62.9 Å². The van der Waals surface area contributed by atoms with Crippen molar-refractivity contribution in [2.24, 2.45) is 0 Å². The van der Waals surface area contributed by atoms with E-state index >= 15 is 0 Å². The molecule has 0 radical (unpaired) electrons. The molecule has 2 saturated heterocycles. The monoisotopic (exact) mass is 415 g/mol. The van der Waals surface area contributed by atoms with E-state index in [1.165, 1.54) is 6.21 Å². The molecule has 1 atom stereocenters. The van der Waals surface area contributed by atoms with Gasteiger partial charge in [-0.15, -0.1) is 0 Å². The van der Waals surface area contributed by atoms with Gasteiger partial charge in [0.25, 0.3) is 0 Å². The Labute approximate surface area is 176 Å². The Hall–Kier alpha value is -2.78. The molecule has 1 aromatic heterocycles. The van der Waals surface area contributed by atoms with Crippen molar-refractivity contribution >= 4 is 18.3 Å². The van der Waals surface area contributed by atoms with Gasteiger partial charge in [-0.2, -0.15) is 4.98 Å². The summed E-state index contributed by atoms with van der Waals surface area (Å²) >= 11 is 0. The highest BCUT2D eigenvalue weighted by Gasteiger charge is 2.25. The van der Waals surface area contributed by atoms with E-state index in [1.54, 1.807) is 19.1 Å². The van der Waals surface area contributed by atoms with Crippen molar-refractivity contribution in [3.05, 3.63) is 29.7 Å². The lowest BCUT2D eigenvalue weighted by molar-refractivity contribution is -0.119. The minimum atomic E-state index is 0.191. The molecule has 0 saturated carbocycles. The van der Waals surface area contributed by atoms with E-state index in [4.69, 9.17) is 14.7 Å². The second-order valence-corrected chi connectivity index (χ2v) is 7.43. The largest absolute Gasteiger partial charge is 0.388 e. The van der Waals surface area contributed by atoms with Crippen LogP contribution in [0.15, 0.2) is 22.7 Å². The van der Waals surface area contributed by atoms with E-state index in [0.717, 1.165) is 62.2 Å². The van der Waals surface area contributed by atoms with E-state index in [2.05, 4.69) is 20.2 Å². The quantitative estimate of drug-likeness (QED) is 0.550. The fourth-order valence-corrected chi connectivity index (χ4v) is 3.58. The Balaban J connectivity index is 0.000000806. The van der Waals surface area contributed by atoms with Crippen LogP contribution in [0.25, 0.3) is 11.4 Å². The SMILES string of the molecule is COC.N=Cc1ccc(-c2noc(C3CCN(C=O)CC3)n2)cc1NC1CCOC1. The number of methoxy groups -OCH3 is 1. The zero-order valence-electron chi connectivity index (χ0n) is 17.5. The first-order valence-electron chi connectivity index (χ1n) is 10.1. The molecule has 1 aromatic carbocycles. The van der Waals surface area contributed by atoms with Crippen molar-refractivity contribution in [2.45, 2.75) is 31.2 Å². The fourth-order valence-electron chi connectivity index (χ4n) is 3.58. The fraction of sp³-hybridized carbons (Fsp3) is 0.524. The molecule has 162 valence electrons. The summed E-state index contributed by atoms with van der Waals surface area (Å²) in [5, 5.41) is 15.2. The highest BCUT2D eigenvalue weighted by molar-refractivity contribution is 5.87. The molecule has 9 nitrogen and oxygen atoms in total. The van der Waals surface area contributed by atoms with Crippen LogP contribution in [0.5, 0.6) is 0 Å². The first kappa shape index (κ1) is 21.9. The summed E-state index contributed by atoms with van der Waals surface area (Å²) in [6, 6.07) is 6.00. The molecular weight excluding hydrogens is 386 g/mol. The van der Waals surface area contributed by atoms with Gasteiger partial charge in [0.05, 0.1) is 12.6 Å². The molecule has 0 spiro atoms. The van der Waals surface area contributed by atoms with Crippen LogP contribution in [0.1, 0.15) is 36.6 Å². The van der Waals surface area contributed by atoms with Gasteiger partial charge >= 0.3 is 0 Å². The maximum atomic E-state index is 10.8. The average Bonchev–Trinajstić information content (AvgIpc) is 3.47. The topological polar surface area (TPSA) is 114 Å². The molecule has 2 aromatic rings. The second-order valence-electron chi connectivity index (χ2n) is 7.43. The molecule has 9 heteroatoms. The van der Waals surface area contributed by atoms with Crippen molar-refractivity contribution in [1.82, 2.24) is 15.0 Å². The van der Waals surface area contributed by atoms with Gasteiger partial charge < -0.3 is 29.6 Å². The van der Waals surface area contributed by atoms with E-state index in [-0.39, 0.29) is 12.0 Å². The van der Waals surface area contributed by atoms with E-state index < -0.39 is 0 Å². The Morgan fingerprint density at radius 3 is 2.67 bits per heavy atom. The lowest BCUT2D eigenvalue weighted by atomic mass is 9.97. The molecule has 0 bridgehead atoms. The van der Waals surface area contributed by atoms with Crippen molar-refractivity contribution < 1.29 is 18.8 Å². The maximum absolute atomic E-state index is 10.8. The summed E-state index contributed by atoms with van der Waals surface area (Å²) in [6.07, 6.45) is 4.85. The summed E-state index contributed by atoms with van der Waals surface area (Å²) in [5.74, 6) is 1.37. The highest BCUT2D eigenvalue weighted by atomic mass is 16.5. The molecule has 30 heavy (non-hydrogen) atoms. The maximum Gasteiger partial charge on any atom is 0.230 e. The third-order valence-electron chi connectivity index (χ3n) is 5.23. The molecule has 1 unspecified atom stereocenters. The van der Waals surface area contributed by atoms with E-state index in [1.807, 2.05) is 18.2 Å². The van der Waals surface area contributed by atoms with Crippen LogP contribution in [0, 0.1) is 5.41 Å². The molecule has 2 aliphatic rings. The summed E-state index contributed by atoms with van der Waals surface area (Å²) in [5.41, 5.74) is 2.54. The number of nitrogens with one attached hydrogen (secondary N) is 2. The number of carbonyl (C=O) groups is 1. The minimum absolute atomic E-state index is 0.191. The molecule has 2 N–H and O–H groups in total. The van der Waals surface area contributed by atoms with Gasteiger partial charge in [0.1, 0.15) is 0 Å². The zero-order chi connectivity index (χ0) is 21.3. The number of carbonyl (C=O) groups excluding carboxylic acids is 1. The van der Waals surface area contributed by atoms with Crippen molar-refractivity contribution in [2.75, 3.05) is 45.8 Å². The summed E-state index contributed by atoms with van der Waals surface area (Å²) in [7, 11) is 3.25. The molecule has 0 aliphatic carbocycles. The normalized spacial score (nSPS) is 19.1. The number of ether oxygens (including phenoxy) is 2. The Morgan fingerprint density at radius 1 is 1.27 bits per heavy atom. The van der Waals surface area contributed by atoms with Crippen LogP contribution < -0.4 is 5.32 Å². The third-order valence-corrected chi connectivity index (χ3v) is 5.23. The zero-order valence-corrected chi connectivity index (χ0v) is 17.5. The summed E-state index contributed by atoms with van der Waals surface area (Å²) in [4.78, 5) is 17.2. The second kappa shape index (κ2) is 10.8. The van der Waals surface area contributed by atoms with Crippen LogP contribution in [-0.4, -0.2) is 74.2 Å². The summed E-state index contributed by atoms with van der Waals surface area (Å²) in [6.45, 7) is 2.87. The van der Waals surface area contributed by atoms with Crippen LogP contribution in [-0.2, 0) is 14.3 Å². The lowest BCUT2D eigenvalue weighted by Gasteiger charge is -2.26. The number of hydrogen-bond acceptors (Lipinski definition) is 8. The van der Waals surface area contributed by atoms with Crippen LogP contribution >= 0.6 is 0 Å². The number of hydrogen-bond donors (Lipinski definition) is 2. The number of anilines is 1. The molecule has 2 aliphatic heterocycles. The Bertz CT molecular complexity index is 827. The van der Waals surface area contributed by atoms with Gasteiger partial charge in [-0.3, -0.25) is 4.79 Å².